The number of halogens is 4. The van der Waals surface area contributed by atoms with E-state index in [1.807, 2.05) is 0 Å². The summed E-state index contributed by atoms with van der Waals surface area (Å²) in [5.74, 6) is 0. The minimum Gasteiger partial charge on any atom is -0.464 e. The van der Waals surface area contributed by atoms with E-state index in [-0.39, 0.29) is 29.4 Å². The summed E-state index contributed by atoms with van der Waals surface area (Å²) in [5, 5.41) is 0.0932. The van der Waals surface area contributed by atoms with Gasteiger partial charge >= 0.3 is 6.18 Å². The smallest absolute Gasteiger partial charge is 0.417 e. The van der Waals surface area contributed by atoms with Crippen molar-refractivity contribution >= 4 is 23.4 Å². The van der Waals surface area contributed by atoms with Crippen LogP contribution in [0.2, 0.25) is 0 Å². The normalized spacial score (nSPS) is 13.4. The second-order valence-corrected chi connectivity index (χ2v) is 4.11. The minimum absolute atomic E-state index is 0. The number of hydrogen-bond donors (Lipinski definition) is 1. The standard InChI is InChI=1S/C12H12F3NO.ClH/c1-7(16)6-8-2-3-10(12(13,14)15)9-4-5-17-11(8)9;/h2-5,7H,6,16H2,1H3;1H. The molecule has 6 heteroatoms. The third kappa shape index (κ3) is 2.79. The van der Waals surface area contributed by atoms with E-state index in [4.69, 9.17) is 10.2 Å². The Morgan fingerprint density at radius 2 is 1.94 bits per heavy atom. The molecule has 100 valence electrons. The maximum Gasteiger partial charge on any atom is 0.417 e. The fourth-order valence-corrected chi connectivity index (χ4v) is 1.87. The van der Waals surface area contributed by atoms with Crippen molar-refractivity contribution in [2.75, 3.05) is 0 Å². The maximum atomic E-state index is 12.7. The van der Waals surface area contributed by atoms with Gasteiger partial charge in [0.25, 0.3) is 0 Å². The zero-order valence-electron chi connectivity index (χ0n) is 9.62. The Hall–Kier alpha value is -1.20. The van der Waals surface area contributed by atoms with Gasteiger partial charge in [-0.25, -0.2) is 0 Å². The molecule has 1 aromatic heterocycles. The summed E-state index contributed by atoms with van der Waals surface area (Å²) in [6, 6.07) is 3.72. The van der Waals surface area contributed by atoms with Gasteiger partial charge in [0.2, 0.25) is 0 Å². The lowest BCUT2D eigenvalue weighted by molar-refractivity contribution is -0.136. The van der Waals surface area contributed by atoms with Gasteiger partial charge in [0, 0.05) is 11.4 Å². The summed E-state index contributed by atoms with van der Waals surface area (Å²) in [4.78, 5) is 0. The van der Waals surface area contributed by atoms with Crippen molar-refractivity contribution in [2.45, 2.75) is 25.6 Å². The monoisotopic (exact) mass is 279 g/mol. The fourth-order valence-electron chi connectivity index (χ4n) is 1.87. The molecule has 1 unspecified atom stereocenters. The van der Waals surface area contributed by atoms with E-state index in [9.17, 15) is 13.2 Å². The van der Waals surface area contributed by atoms with E-state index in [1.54, 1.807) is 6.92 Å². The molecule has 1 aromatic carbocycles. The molecule has 0 aliphatic carbocycles. The van der Waals surface area contributed by atoms with Crippen LogP contribution in [0, 0.1) is 0 Å². The minimum atomic E-state index is -4.37. The maximum absolute atomic E-state index is 12.7. The van der Waals surface area contributed by atoms with Crippen LogP contribution in [0.25, 0.3) is 11.0 Å². The molecule has 1 atom stereocenters. The van der Waals surface area contributed by atoms with Gasteiger partial charge in [-0.2, -0.15) is 13.2 Å². The summed E-state index contributed by atoms with van der Waals surface area (Å²) in [6.07, 6.45) is -2.61. The predicted octanol–water partition coefficient (Wildman–Crippen LogP) is 3.76. The van der Waals surface area contributed by atoms with Crippen molar-refractivity contribution < 1.29 is 17.6 Å². The average molecular weight is 280 g/mol. The van der Waals surface area contributed by atoms with Gasteiger partial charge in [0.05, 0.1) is 11.8 Å². The average Bonchev–Trinajstić information content (AvgIpc) is 2.63. The zero-order valence-corrected chi connectivity index (χ0v) is 10.4. The van der Waals surface area contributed by atoms with E-state index in [1.165, 1.54) is 18.4 Å². The highest BCUT2D eigenvalue weighted by atomic mass is 35.5. The Kier molecular flexibility index (Phi) is 4.29. The van der Waals surface area contributed by atoms with Crippen LogP contribution in [0.4, 0.5) is 13.2 Å². The molecule has 0 amide bonds. The highest BCUT2D eigenvalue weighted by molar-refractivity contribution is 5.85. The lowest BCUT2D eigenvalue weighted by Gasteiger charge is -2.11. The summed E-state index contributed by atoms with van der Waals surface area (Å²) in [7, 11) is 0. The first-order valence-electron chi connectivity index (χ1n) is 5.21. The molecule has 0 bridgehead atoms. The van der Waals surface area contributed by atoms with E-state index >= 15 is 0 Å². The van der Waals surface area contributed by atoms with Crippen LogP contribution >= 0.6 is 12.4 Å². The first-order chi connectivity index (χ1) is 7.89. The molecule has 0 radical (unpaired) electrons. The molecular weight excluding hydrogens is 267 g/mol. The summed E-state index contributed by atoms with van der Waals surface area (Å²) >= 11 is 0. The van der Waals surface area contributed by atoms with Crippen LogP contribution in [0.5, 0.6) is 0 Å². The molecule has 0 aliphatic rings. The third-order valence-electron chi connectivity index (χ3n) is 2.55. The molecule has 0 saturated heterocycles. The molecule has 2 nitrogen and oxygen atoms in total. The van der Waals surface area contributed by atoms with Crippen molar-refractivity contribution in [3.8, 4) is 0 Å². The topological polar surface area (TPSA) is 39.2 Å². The van der Waals surface area contributed by atoms with E-state index < -0.39 is 11.7 Å². The molecule has 0 fully saturated rings. The Bertz CT molecular complexity index is 534. The van der Waals surface area contributed by atoms with E-state index in [2.05, 4.69) is 0 Å². The Labute approximate surface area is 108 Å². The number of rotatable bonds is 2. The largest absolute Gasteiger partial charge is 0.464 e. The molecule has 1 heterocycles. The highest BCUT2D eigenvalue weighted by Crippen LogP contribution is 2.36. The molecule has 0 saturated carbocycles. The SMILES string of the molecule is CC(N)Cc1ccc(C(F)(F)F)c2ccoc12.Cl. The van der Waals surface area contributed by atoms with Crippen LogP contribution in [-0.2, 0) is 12.6 Å². The summed E-state index contributed by atoms with van der Waals surface area (Å²) < 4.78 is 43.3. The number of furan rings is 1. The lowest BCUT2D eigenvalue weighted by atomic mass is 10.0. The van der Waals surface area contributed by atoms with Crippen molar-refractivity contribution in [1.29, 1.82) is 0 Å². The number of alkyl halides is 3. The second kappa shape index (κ2) is 5.20. The molecule has 2 aromatic rings. The molecule has 0 aliphatic heterocycles. The van der Waals surface area contributed by atoms with E-state index in [0.717, 1.165) is 6.07 Å². The zero-order chi connectivity index (χ0) is 12.6. The lowest BCUT2D eigenvalue weighted by Crippen LogP contribution is -2.18. The molecule has 2 rings (SSSR count). The van der Waals surface area contributed by atoms with E-state index in [0.29, 0.717) is 12.0 Å². The Morgan fingerprint density at radius 1 is 1.28 bits per heavy atom. The van der Waals surface area contributed by atoms with Gasteiger partial charge in [0.15, 0.2) is 0 Å². The van der Waals surface area contributed by atoms with Gasteiger partial charge in [-0.05, 0) is 31.0 Å². The molecule has 18 heavy (non-hydrogen) atoms. The number of benzene rings is 1. The van der Waals surface area contributed by atoms with Gasteiger partial charge in [-0.1, -0.05) is 6.07 Å². The highest BCUT2D eigenvalue weighted by Gasteiger charge is 2.33. The first-order valence-corrected chi connectivity index (χ1v) is 5.21. The molecular formula is C12H13ClF3NO. The Balaban J connectivity index is 0.00000162. The van der Waals surface area contributed by atoms with Gasteiger partial charge < -0.3 is 10.2 Å². The fraction of sp³-hybridized carbons (Fsp3) is 0.333. The van der Waals surface area contributed by atoms with Crippen LogP contribution in [0.3, 0.4) is 0 Å². The van der Waals surface area contributed by atoms with Crippen molar-refractivity contribution in [1.82, 2.24) is 0 Å². The second-order valence-electron chi connectivity index (χ2n) is 4.11. The van der Waals surface area contributed by atoms with Crippen LogP contribution in [0.15, 0.2) is 28.9 Å². The molecule has 0 spiro atoms. The van der Waals surface area contributed by atoms with Crippen molar-refractivity contribution in [2.24, 2.45) is 5.73 Å². The number of nitrogens with two attached hydrogens (primary N) is 1. The predicted molar refractivity (Wildman–Crippen MR) is 65.8 cm³/mol. The number of fused-ring (bicyclic) bond motifs is 1. The number of hydrogen-bond acceptors (Lipinski definition) is 2. The van der Waals surface area contributed by atoms with Crippen LogP contribution in [-0.4, -0.2) is 6.04 Å². The first kappa shape index (κ1) is 14.9. The van der Waals surface area contributed by atoms with Crippen LogP contribution < -0.4 is 5.73 Å². The van der Waals surface area contributed by atoms with Crippen molar-refractivity contribution in [3.63, 3.8) is 0 Å². The van der Waals surface area contributed by atoms with Gasteiger partial charge in [0.1, 0.15) is 5.58 Å². The van der Waals surface area contributed by atoms with Gasteiger partial charge in [-0.3, -0.25) is 0 Å². The summed E-state index contributed by atoms with van der Waals surface area (Å²) in [6.45, 7) is 1.80. The molecule has 2 N–H and O–H groups in total. The van der Waals surface area contributed by atoms with Crippen LogP contribution in [0.1, 0.15) is 18.1 Å². The van der Waals surface area contributed by atoms with Crippen molar-refractivity contribution in [3.05, 3.63) is 35.6 Å². The quantitative estimate of drug-likeness (QED) is 0.909. The van der Waals surface area contributed by atoms with Gasteiger partial charge in [-0.15, -0.1) is 12.4 Å². The third-order valence-corrected chi connectivity index (χ3v) is 2.55. The Morgan fingerprint density at radius 3 is 2.50 bits per heavy atom. The summed E-state index contributed by atoms with van der Waals surface area (Å²) in [5.41, 5.74) is 5.95.